The van der Waals surface area contributed by atoms with Gasteiger partial charge in [-0.1, -0.05) is 56.2 Å². The van der Waals surface area contributed by atoms with Crippen molar-refractivity contribution < 1.29 is 14.3 Å². The first-order valence-corrected chi connectivity index (χ1v) is 14.9. The van der Waals surface area contributed by atoms with E-state index in [1.807, 2.05) is 32.9 Å². The number of para-hydroxylation sites is 1. The number of aryl methyl sites for hydroxylation is 1. The normalized spacial score (nSPS) is 16.4. The van der Waals surface area contributed by atoms with Crippen LogP contribution >= 0.6 is 0 Å². The van der Waals surface area contributed by atoms with Crippen LogP contribution in [-0.2, 0) is 24.3 Å². The fraction of sp³-hybridized carbons (Fsp3) is 0.457. The standard InChI is InChI=1S/C35H44N2O3/c1-5-28-12-6-7-14-32(28)39-24-27-20-30(22-31(21-27)37-18-17-35(25-37)15-8-9-16-35)29-13-10-11-26(19-29)23-36-33(38)40-34(2,3)4/h6-7,10-14,19-22H,5,8-9,15-18,23-25H2,1-4H3,(H,36,38). The molecule has 1 saturated heterocycles. The van der Waals surface area contributed by atoms with Gasteiger partial charge in [-0.3, -0.25) is 0 Å². The lowest BCUT2D eigenvalue weighted by atomic mass is 9.86. The number of rotatable bonds is 8. The lowest BCUT2D eigenvalue weighted by Gasteiger charge is -2.25. The van der Waals surface area contributed by atoms with Gasteiger partial charge in [-0.05, 0) is 110 Å². The van der Waals surface area contributed by atoms with Gasteiger partial charge in [0, 0.05) is 25.3 Å². The molecule has 3 aromatic rings. The van der Waals surface area contributed by atoms with Gasteiger partial charge in [0.1, 0.15) is 18.0 Å². The molecule has 0 atom stereocenters. The number of nitrogens with zero attached hydrogens (tertiary/aromatic N) is 1. The number of hydrogen-bond donors (Lipinski definition) is 1. The number of carbonyl (C=O) groups excluding carboxylic acids is 1. The van der Waals surface area contributed by atoms with Crippen molar-refractivity contribution in [2.75, 3.05) is 18.0 Å². The summed E-state index contributed by atoms with van der Waals surface area (Å²) in [6.07, 6.45) is 7.29. The van der Waals surface area contributed by atoms with E-state index in [0.717, 1.165) is 36.4 Å². The van der Waals surface area contributed by atoms with E-state index >= 15 is 0 Å². The zero-order valence-corrected chi connectivity index (χ0v) is 24.6. The van der Waals surface area contributed by atoms with Crippen LogP contribution in [0.2, 0.25) is 0 Å². The van der Waals surface area contributed by atoms with Gasteiger partial charge in [0.2, 0.25) is 0 Å². The Morgan fingerprint density at radius 1 is 0.925 bits per heavy atom. The SMILES string of the molecule is CCc1ccccc1OCc1cc(-c2cccc(CNC(=O)OC(C)(C)C)c2)cc(N2CCC3(CCCC3)C2)c1. The Kier molecular flexibility index (Phi) is 8.39. The minimum atomic E-state index is -0.519. The van der Waals surface area contributed by atoms with E-state index in [1.54, 1.807) is 0 Å². The molecule has 1 aliphatic carbocycles. The molecule has 5 nitrogen and oxygen atoms in total. The molecule has 1 spiro atoms. The summed E-state index contributed by atoms with van der Waals surface area (Å²) in [5, 5.41) is 2.89. The monoisotopic (exact) mass is 540 g/mol. The van der Waals surface area contributed by atoms with E-state index in [-0.39, 0.29) is 0 Å². The molecule has 1 N–H and O–H groups in total. The van der Waals surface area contributed by atoms with Crippen LogP contribution in [0.3, 0.4) is 0 Å². The zero-order chi connectivity index (χ0) is 28.2. The number of ether oxygens (including phenoxy) is 2. The minimum absolute atomic E-state index is 0.401. The van der Waals surface area contributed by atoms with E-state index in [2.05, 4.69) is 71.7 Å². The van der Waals surface area contributed by atoms with Crippen molar-refractivity contribution in [3.8, 4) is 16.9 Å². The smallest absolute Gasteiger partial charge is 0.407 e. The molecule has 5 heteroatoms. The molecule has 5 rings (SSSR count). The molecule has 2 fully saturated rings. The molecule has 0 bridgehead atoms. The van der Waals surface area contributed by atoms with Gasteiger partial charge in [0.25, 0.3) is 0 Å². The van der Waals surface area contributed by atoms with E-state index in [9.17, 15) is 4.79 Å². The topological polar surface area (TPSA) is 50.8 Å². The number of benzene rings is 3. The third-order valence-corrected chi connectivity index (χ3v) is 8.29. The molecule has 212 valence electrons. The van der Waals surface area contributed by atoms with Crippen LogP contribution in [-0.4, -0.2) is 24.8 Å². The summed E-state index contributed by atoms with van der Waals surface area (Å²) < 4.78 is 11.8. The Labute approximate surface area is 239 Å². The average molecular weight is 541 g/mol. The maximum atomic E-state index is 12.2. The molecule has 40 heavy (non-hydrogen) atoms. The van der Waals surface area contributed by atoms with Crippen LogP contribution in [0, 0.1) is 5.41 Å². The maximum Gasteiger partial charge on any atom is 0.407 e. The predicted octanol–water partition coefficient (Wildman–Crippen LogP) is 8.29. The Morgan fingerprint density at radius 2 is 1.70 bits per heavy atom. The van der Waals surface area contributed by atoms with Crippen LogP contribution in [0.25, 0.3) is 11.1 Å². The van der Waals surface area contributed by atoms with Crippen molar-refractivity contribution in [1.82, 2.24) is 5.32 Å². The number of hydrogen-bond acceptors (Lipinski definition) is 4. The van der Waals surface area contributed by atoms with Gasteiger partial charge in [-0.15, -0.1) is 0 Å². The Bertz CT molecular complexity index is 1320. The number of carbonyl (C=O) groups is 1. The molecule has 3 aromatic carbocycles. The Morgan fingerprint density at radius 3 is 2.48 bits per heavy atom. The van der Waals surface area contributed by atoms with Crippen molar-refractivity contribution in [3.63, 3.8) is 0 Å². The summed E-state index contributed by atoms with van der Waals surface area (Å²) in [5.41, 5.74) is 7.00. The van der Waals surface area contributed by atoms with Crippen LogP contribution in [0.4, 0.5) is 10.5 Å². The first-order valence-electron chi connectivity index (χ1n) is 14.9. The predicted molar refractivity (Wildman–Crippen MR) is 163 cm³/mol. The summed E-state index contributed by atoms with van der Waals surface area (Å²) in [6.45, 7) is 11.0. The second-order valence-corrected chi connectivity index (χ2v) is 12.6. The summed E-state index contributed by atoms with van der Waals surface area (Å²) in [7, 11) is 0. The zero-order valence-electron chi connectivity index (χ0n) is 24.6. The van der Waals surface area contributed by atoms with Crippen molar-refractivity contribution in [2.24, 2.45) is 5.41 Å². The first kappa shape index (κ1) is 28.1. The maximum absolute atomic E-state index is 12.2. The number of nitrogens with one attached hydrogen (secondary N) is 1. The van der Waals surface area contributed by atoms with Crippen LogP contribution in [0.1, 0.15) is 76.5 Å². The van der Waals surface area contributed by atoms with Gasteiger partial charge in [-0.2, -0.15) is 0 Å². The second kappa shape index (κ2) is 12.0. The molecule has 0 radical (unpaired) electrons. The minimum Gasteiger partial charge on any atom is -0.489 e. The lowest BCUT2D eigenvalue weighted by Crippen LogP contribution is -2.32. The fourth-order valence-corrected chi connectivity index (χ4v) is 6.24. The highest BCUT2D eigenvalue weighted by molar-refractivity contribution is 5.71. The van der Waals surface area contributed by atoms with Gasteiger partial charge in [0.05, 0.1) is 0 Å². The fourth-order valence-electron chi connectivity index (χ4n) is 6.24. The van der Waals surface area contributed by atoms with Crippen LogP contribution in [0.15, 0.2) is 66.7 Å². The quantitative estimate of drug-likeness (QED) is 0.312. The van der Waals surface area contributed by atoms with Gasteiger partial charge < -0.3 is 19.7 Å². The molecule has 1 aliphatic heterocycles. The van der Waals surface area contributed by atoms with E-state index in [4.69, 9.17) is 9.47 Å². The lowest BCUT2D eigenvalue weighted by molar-refractivity contribution is 0.0523. The number of anilines is 1. The van der Waals surface area contributed by atoms with E-state index in [1.165, 1.54) is 54.5 Å². The second-order valence-electron chi connectivity index (χ2n) is 12.6. The number of alkyl carbamates (subject to hydrolysis) is 1. The molecule has 0 unspecified atom stereocenters. The molecule has 1 heterocycles. The Hall–Kier alpha value is -3.47. The molecular weight excluding hydrogens is 496 g/mol. The average Bonchev–Trinajstić information content (AvgIpc) is 3.59. The van der Waals surface area contributed by atoms with Crippen LogP contribution in [0.5, 0.6) is 5.75 Å². The highest BCUT2D eigenvalue weighted by Crippen LogP contribution is 2.46. The van der Waals surface area contributed by atoms with Gasteiger partial charge in [-0.25, -0.2) is 4.79 Å². The summed E-state index contributed by atoms with van der Waals surface area (Å²) in [4.78, 5) is 14.8. The van der Waals surface area contributed by atoms with Crippen molar-refractivity contribution in [1.29, 1.82) is 0 Å². The van der Waals surface area contributed by atoms with Gasteiger partial charge in [0.15, 0.2) is 0 Å². The van der Waals surface area contributed by atoms with Crippen LogP contribution < -0.4 is 15.0 Å². The number of amides is 1. The molecular formula is C35H44N2O3. The summed E-state index contributed by atoms with van der Waals surface area (Å²) in [6, 6.07) is 23.6. The van der Waals surface area contributed by atoms with Crippen molar-refractivity contribution in [2.45, 2.75) is 85.0 Å². The van der Waals surface area contributed by atoms with Crippen molar-refractivity contribution in [3.05, 3.63) is 83.4 Å². The van der Waals surface area contributed by atoms with Crippen molar-refractivity contribution >= 4 is 11.8 Å². The summed E-state index contributed by atoms with van der Waals surface area (Å²) >= 11 is 0. The highest BCUT2D eigenvalue weighted by atomic mass is 16.6. The molecule has 1 saturated carbocycles. The van der Waals surface area contributed by atoms with Gasteiger partial charge >= 0.3 is 6.09 Å². The van der Waals surface area contributed by atoms with E-state index in [0.29, 0.717) is 18.6 Å². The largest absolute Gasteiger partial charge is 0.489 e. The Balaban J connectivity index is 1.39. The molecule has 2 aliphatic rings. The molecule has 1 amide bonds. The summed E-state index contributed by atoms with van der Waals surface area (Å²) in [5.74, 6) is 0.957. The third kappa shape index (κ3) is 6.99. The van der Waals surface area contributed by atoms with E-state index < -0.39 is 11.7 Å². The first-order chi connectivity index (χ1) is 19.2. The molecule has 0 aromatic heterocycles. The highest BCUT2D eigenvalue weighted by Gasteiger charge is 2.40. The third-order valence-electron chi connectivity index (χ3n) is 8.29.